The Bertz CT molecular complexity index is 428. The molecule has 1 aromatic heterocycles. The van der Waals surface area contributed by atoms with E-state index in [4.69, 9.17) is 0 Å². The van der Waals surface area contributed by atoms with E-state index in [9.17, 15) is 5.11 Å². The van der Waals surface area contributed by atoms with Crippen molar-refractivity contribution in [2.75, 3.05) is 19.6 Å². The van der Waals surface area contributed by atoms with Crippen LogP contribution in [0.1, 0.15) is 38.1 Å². The maximum absolute atomic E-state index is 9.97. The van der Waals surface area contributed by atoms with E-state index in [2.05, 4.69) is 29.0 Å². The zero-order chi connectivity index (χ0) is 14.5. The highest BCUT2D eigenvalue weighted by atomic mass is 16.3. The first-order valence-corrected chi connectivity index (χ1v) is 7.66. The van der Waals surface area contributed by atoms with Crippen LogP contribution in [0.3, 0.4) is 0 Å². The molecule has 2 rings (SSSR count). The molecule has 1 unspecified atom stereocenters. The van der Waals surface area contributed by atoms with E-state index in [1.54, 1.807) is 6.07 Å². The summed E-state index contributed by atoms with van der Waals surface area (Å²) in [6, 6.07) is 4.06. The van der Waals surface area contributed by atoms with Crippen molar-refractivity contribution in [1.29, 1.82) is 0 Å². The van der Waals surface area contributed by atoms with Gasteiger partial charge in [-0.05, 0) is 64.8 Å². The average molecular weight is 277 g/mol. The maximum atomic E-state index is 9.97. The highest BCUT2D eigenvalue weighted by Gasteiger charge is 2.20. The molecule has 0 aromatic carbocycles. The summed E-state index contributed by atoms with van der Waals surface area (Å²) in [7, 11) is 0. The van der Waals surface area contributed by atoms with Crippen LogP contribution in [0.25, 0.3) is 0 Å². The Morgan fingerprint density at radius 3 is 2.90 bits per heavy atom. The Labute approximate surface area is 122 Å². The zero-order valence-electron chi connectivity index (χ0n) is 12.9. The third-order valence-corrected chi connectivity index (χ3v) is 4.06. The predicted molar refractivity (Wildman–Crippen MR) is 81.8 cm³/mol. The molecule has 2 heterocycles. The van der Waals surface area contributed by atoms with E-state index in [0.717, 1.165) is 37.6 Å². The van der Waals surface area contributed by atoms with Gasteiger partial charge in [-0.1, -0.05) is 0 Å². The number of nitrogens with one attached hydrogen (secondary N) is 1. The molecule has 4 nitrogen and oxygen atoms in total. The first-order chi connectivity index (χ1) is 9.56. The third-order valence-electron chi connectivity index (χ3n) is 4.06. The van der Waals surface area contributed by atoms with Crippen LogP contribution >= 0.6 is 0 Å². The lowest BCUT2D eigenvalue weighted by Crippen LogP contribution is -2.41. The van der Waals surface area contributed by atoms with Gasteiger partial charge in [-0.15, -0.1) is 0 Å². The number of aromatic nitrogens is 1. The van der Waals surface area contributed by atoms with Crippen LogP contribution in [0, 0.1) is 12.8 Å². The molecule has 1 aliphatic heterocycles. The monoisotopic (exact) mass is 277 g/mol. The van der Waals surface area contributed by atoms with E-state index in [1.165, 1.54) is 12.8 Å². The van der Waals surface area contributed by atoms with Crippen molar-refractivity contribution in [3.05, 3.63) is 23.5 Å². The Morgan fingerprint density at radius 2 is 2.25 bits per heavy atom. The Morgan fingerprint density at radius 1 is 1.45 bits per heavy atom. The van der Waals surface area contributed by atoms with Gasteiger partial charge in [0.15, 0.2) is 0 Å². The molecule has 0 bridgehead atoms. The highest BCUT2D eigenvalue weighted by molar-refractivity contribution is 5.27. The van der Waals surface area contributed by atoms with E-state index in [-0.39, 0.29) is 0 Å². The quantitative estimate of drug-likeness (QED) is 0.867. The van der Waals surface area contributed by atoms with Crippen molar-refractivity contribution >= 4 is 0 Å². The molecule has 0 saturated carbocycles. The summed E-state index contributed by atoms with van der Waals surface area (Å²) < 4.78 is 0. The smallest absolute Gasteiger partial charge is 0.138 e. The van der Waals surface area contributed by atoms with E-state index in [1.807, 2.05) is 13.0 Å². The Hall–Kier alpha value is -1.13. The Kier molecular flexibility index (Phi) is 5.38. The SMILES string of the molecule is Cc1ccc(O)c(CN(CC2CCCNC2)C(C)C)n1. The molecule has 20 heavy (non-hydrogen) atoms. The van der Waals surface area contributed by atoms with Gasteiger partial charge in [0.25, 0.3) is 0 Å². The molecular formula is C16H27N3O. The van der Waals surface area contributed by atoms with Gasteiger partial charge < -0.3 is 10.4 Å². The fourth-order valence-electron chi connectivity index (χ4n) is 2.78. The second kappa shape index (κ2) is 7.04. The van der Waals surface area contributed by atoms with Gasteiger partial charge in [-0.25, -0.2) is 0 Å². The minimum Gasteiger partial charge on any atom is -0.506 e. The van der Waals surface area contributed by atoms with Crippen molar-refractivity contribution in [2.45, 2.75) is 46.2 Å². The van der Waals surface area contributed by atoms with Crippen LogP contribution in [0.4, 0.5) is 0 Å². The van der Waals surface area contributed by atoms with Crippen LogP contribution in [-0.2, 0) is 6.54 Å². The van der Waals surface area contributed by atoms with Crippen LogP contribution in [0.5, 0.6) is 5.75 Å². The van der Waals surface area contributed by atoms with Gasteiger partial charge in [0.2, 0.25) is 0 Å². The molecule has 0 spiro atoms. The van der Waals surface area contributed by atoms with Gasteiger partial charge in [0.05, 0.1) is 5.69 Å². The van der Waals surface area contributed by atoms with Gasteiger partial charge in [0.1, 0.15) is 5.75 Å². The number of aromatic hydroxyl groups is 1. The van der Waals surface area contributed by atoms with Gasteiger partial charge in [0, 0.05) is 24.8 Å². The first kappa shape index (κ1) is 15.3. The highest BCUT2D eigenvalue weighted by Crippen LogP contribution is 2.20. The molecule has 4 heteroatoms. The normalized spacial score (nSPS) is 19.8. The largest absolute Gasteiger partial charge is 0.506 e. The summed E-state index contributed by atoms with van der Waals surface area (Å²) in [6.07, 6.45) is 2.56. The summed E-state index contributed by atoms with van der Waals surface area (Å²) >= 11 is 0. The van der Waals surface area contributed by atoms with E-state index < -0.39 is 0 Å². The fourth-order valence-corrected chi connectivity index (χ4v) is 2.78. The number of piperidine rings is 1. The first-order valence-electron chi connectivity index (χ1n) is 7.66. The zero-order valence-corrected chi connectivity index (χ0v) is 12.9. The summed E-state index contributed by atoms with van der Waals surface area (Å²) in [5.74, 6) is 1.01. The minimum atomic E-state index is 0.308. The number of hydrogen-bond acceptors (Lipinski definition) is 4. The van der Waals surface area contributed by atoms with E-state index in [0.29, 0.717) is 17.7 Å². The number of hydrogen-bond donors (Lipinski definition) is 2. The van der Waals surface area contributed by atoms with Crippen molar-refractivity contribution in [3.8, 4) is 5.75 Å². The average Bonchev–Trinajstić information content (AvgIpc) is 2.43. The number of aryl methyl sites for hydroxylation is 1. The van der Waals surface area contributed by atoms with Crippen LogP contribution in [0.15, 0.2) is 12.1 Å². The predicted octanol–water partition coefficient (Wildman–Crippen LogP) is 2.31. The van der Waals surface area contributed by atoms with Gasteiger partial charge >= 0.3 is 0 Å². The summed E-state index contributed by atoms with van der Waals surface area (Å²) in [5, 5.41) is 13.4. The second-order valence-corrected chi connectivity index (χ2v) is 6.15. The fraction of sp³-hybridized carbons (Fsp3) is 0.688. The molecule has 1 saturated heterocycles. The number of pyridine rings is 1. The van der Waals surface area contributed by atoms with Crippen molar-refractivity contribution in [3.63, 3.8) is 0 Å². The number of rotatable bonds is 5. The standard InChI is InChI=1S/C16H27N3O/c1-12(2)19(10-14-5-4-8-17-9-14)11-15-16(20)7-6-13(3)18-15/h6-7,12,14,17,20H,4-5,8-11H2,1-3H3. The van der Waals surface area contributed by atoms with Crippen molar-refractivity contribution in [1.82, 2.24) is 15.2 Å². The van der Waals surface area contributed by atoms with Gasteiger partial charge in [-0.2, -0.15) is 0 Å². The van der Waals surface area contributed by atoms with Crippen LogP contribution in [0.2, 0.25) is 0 Å². The molecule has 0 radical (unpaired) electrons. The second-order valence-electron chi connectivity index (χ2n) is 6.15. The molecule has 1 fully saturated rings. The third kappa shape index (κ3) is 4.18. The summed E-state index contributed by atoms with van der Waals surface area (Å²) in [5.41, 5.74) is 1.75. The summed E-state index contributed by atoms with van der Waals surface area (Å²) in [6.45, 7) is 10.4. The lowest BCUT2D eigenvalue weighted by molar-refractivity contribution is 0.160. The Balaban J connectivity index is 2.02. The number of nitrogens with zero attached hydrogens (tertiary/aromatic N) is 2. The van der Waals surface area contributed by atoms with Gasteiger partial charge in [-0.3, -0.25) is 9.88 Å². The lowest BCUT2D eigenvalue weighted by Gasteiger charge is -2.32. The molecule has 1 atom stereocenters. The molecule has 2 N–H and O–H groups in total. The van der Waals surface area contributed by atoms with Crippen LogP contribution in [-0.4, -0.2) is 40.7 Å². The maximum Gasteiger partial charge on any atom is 0.138 e. The topological polar surface area (TPSA) is 48.4 Å². The van der Waals surface area contributed by atoms with Crippen LogP contribution < -0.4 is 5.32 Å². The summed E-state index contributed by atoms with van der Waals surface area (Å²) in [4.78, 5) is 6.90. The molecule has 112 valence electrons. The minimum absolute atomic E-state index is 0.308. The molecule has 1 aromatic rings. The molecule has 1 aliphatic rings. The molecule has 0 aliphatic carbocycles. The molecule has 0 amide bonds. The lowest BCUT2D eigenvalue weighted by atomic mass is 9.98. The van der Waals surface area contributed by atoms with E-state index >= 15 is 0 Å². The van der Waals surface area contributed by atoms with Crippen molar-refractivity contribution in [2.24, 2.45) is 5.92 Å². The molecular weight excluding hydrogens is 250 g/mol. The van der Waals surface area contributed by atoms with Crippen molar-refractivity contribution < 1.29 is 5.11 Å².